The summed E-state index contributed by atoms with van der Waals surface area (Å²) in [6.07, 6.45) is 8.89. The highest BCUT2D eigenvalue weighted by Gasteiger charge is 2.71. The third-order valence-electron chi connectivity index (χ3n) is 16.4. The van der Waals surface area contributed by atoms with Crippen LogP contribution in [-0.2, 0) is 20.9 Å². The van der Waals surface area contributed by atoms with Crippen LogP contribution in [0.5, 0.6) is 5.75 Å². The lowest BCUT2D eigenvalue weighted by molar-refractivity contribution is -0.193. The van der Waals surface area contributed by atoms with Gasteiger partial charge in [0.15, 0.2) is 5.78 Å². The molecule has 1 saturated heterocycles. The number of phenolic OH excluding ortho intramolecular Hbond substituents is 1. The number of aliphatic hydroxyl groups is 2. The van der Waals surface area contributed by atoms with E-state index in [9.17, 15) is 24.9 Å². The minimum atomic E-state index is -0.668. The zero-order valence-electron chi connectivity index (χ0n) is 34.7. The molecular formula is C46H70N2O6. The van der Waals surface area contributed by atoms with Gasteiger partial charge >= 0.3 is 0 Å². The summed E-state index contributed by atoms with van der Waals surface area (Å²) >= 11 is 0. The van der Waals surface area contributed by atoms with Crippen LogP contribution in [0.1, 0.15) is 143 Å². The number of epoxide rings is 1. The number of aliphatic hydroxyl groups excluding tert-OH is 2. The molecule has 1 aromatic rings. The molecule has 11 atom stereocenters. The summed E-state index contributed by atoms with van der Waals surface area (Å²) in [7, 11) is 1.89. The number of hydrogen-bond donors (Lipinski definition) is 5. The highest BCUT2D eigenvalue weighted by Crippen LogP contribution is 2.75. The van der Waals surface area contributed by atoms with Gasteiger partial charge in [-0.3, -0.25) is 9.59 Å². The number of phenols is 1. The molecule has 5 N–H and O–H groups in total. The van der Waals surface area contributed by atoms with Crippen molar-refractivity contribution in [3.63, 3.8) is 0 Å². The van der Waals surface area contributed by atoms with Crippen molar-refractivity contribution >= 4 is 11.6 Å². The molecule has 5 aliphatic carbocycles. The third kappa shape index (κ3) is 6.46. The zero-order chi connectivity index (χ0) is 39.2. The predicted octanol–water partition coefficient (Wildman–Crippen LogP) is 7.38. The molecule has 6 aliphatic rings. The van der Waals surface area contributed by atoms with Gasteiger partial charge in [-0.1, -0.05) is 65.5 Å². The number of benzene rings is 1. The van der Waals surface area contributed by atoms with E-state index in [-0.39, 0.29) is 75.0 Å². The number of ether oxygens (including phenoxy) is 1. The van der Waals surface area contributed by atoms with Gasteiger partial charge < -0.3 is 30.7 Å². The zero-order valence-corrected chi connectivity index (χ0v) is 34.7. The average Bonchev–Trinajstić information content (AvgIpc) is 3.65. The van der Waals surface area contributed by atoms with Gasteiger partial charge in [-0.05, 0) is 136 Å². The number of carbonyl (C=O) groups is 2. The molecule has 8 heteroatoms. The molecule has 0 spiro atoms. The molecule has 7 rings (SSSR count). The maximum Gasteiger partial charge on any atom is 0.160 e. The molecule has 0 amide bonds. The lowest BCUT2D eigenvalue weighted by Crippen LogP contribution is -2.69. The minimum absolute atomic E-state index is 0.0254. The van der Waals surface area contributed by atoms with Gasteiger partial charge in [0.2, 0.25) is 0 Å². The topological polar surface area (TPSA) is 131 Å². The first kappa shape index (κ1) is 40.1. The Balaban J connectivity index is 1.32. The van der Waals surface area contributed by atoms with Crippen molar-refractivity contribution in [1.82, 2.24) is 10.6 Å². The second kappa shape index (κ2) is 14.1. The van der Waals surface area contributed by atoms with Crippen LogP contribution < -0.4 is 10.6 Å². The van der Waals surface area contributed by atoms with Gasteiger partial charge in [-0.2, -0.15) is 0 Å². The number of hydrogen-bond acceptors (Lipinski definition) is 8. The number of fused-ring (bicyclic) bond motifs is 5. The van der Waals surface area contributed by atoms with E-state index in [1.807, 2.05) is 27.8 Å². The van der Waals surface area contributed by atoms with Crippen molar-refractivity contribution in [3.8, 4) is 5.75 Å². The molecule has 8 nitrogen and oxygen atoms in total. The second-order valence-corrected chi connectivity index (χ2v) is 20.6. The van der Waals surface area contributed by atoms with Crippen LogP contribution in [0.2, 0.25) is 0 Å². The van der Waals surface area contributed by atoms with E-state index in [1.165, 1.54) is 24.8 Å². The SMILES string of the molecule is CNCc1cc(O)cc([C@@H]2C[C@@]3(C)[C@H]4CCC5=C([C@@H](C[C@@H](O)[C@H]6OC6(C)C)C6CCCCC6)C(=O)C[C@]5(C)[C@@]4(C)C[C@@H](NC[C@H](C)O)[C@H]3C(C)(C)C2=O)c1. The van der Waals surface area contributed by atoms with E-state index >= 15 is 0 Å². The predicted molar refractivity (Wildman–Crippen MR) is 212 cm³/mol. The fraction of sp³-hybridized carbons (Fsp3) is 0.783. The molecule has 5 fully saturated rings. The Morgan fingerprint density at radius 1 is 0.944 bits per heavy atom. The molecule has 0 bridgehead atoms. The smallest absolute Gasteiger partial charge is 0.160 e. The van der Waals surface area contributed by atoms with Gasteiger partial charge in [-0.25, -0.2) is 0 Å². The molecule has 1 aliphatic heterocycles. The van der Waals surface area contributed by atoms with Gasteiger partial charge in [0.05, 0.1) is 17.8 Å². The molecule has 1 heterocycles. The standard InChI is InChI=1S/C46H70N2O6/c1-26(49)24-48-34-22-46(8)37(44(6)21-32(40(53)42(2,3)39(34)44)29-17-27(25-47-9)18-30(50)19-29)16-15-33-38(36(52)23-45(33,46)7)31(28-13-11-10-12-14-28)20-35(51)41-43(4,5)54-41/h17-19,26,28,31-32,34-35,37,39,41,47-51H,10-16,20-25H2,1-9H3/t26-,31-,32-,34+,35+,37+,39-,41+,44-,45-,46-/m0/s1. The molecular weight excluding hydrogens is 677 g/mol. The van der Waals surface area contributed by atoms with Gasteiger partial charge in [0.25, 0.3) is 0 Å². The van der Waals surface area contributed by atoms with Gasteiger partial charge in [0, 0.05) is 42.3 Å². The van der Waals surface area contributed by atoms with Crippen LogP contribution in [0.25, 0.3) is 0 Å². The van der Waals surface area contributed by atoms with Crippen LogP contribution in [0.3, 0.4) is 0 Å². The second-order valence-electron chi connectivity index (χ2n) is 20.6. The Labute approximate surface area is 324 Å². The highest BCUT2D eigenvalue weighted by atomic mass is 16.6. The fourth-order valence-electron chi connectivity index (χ4n) is 14.1. The number of ketones is 2. The molecule has 300 valence electrons. The van der Waals surface area contributed by atoms with E-state index in [4.69, 9.17) is 4.74 Å². The Kier molecular flexibility index (Phi) is 10.5. The first-order valence-electron chi connectivity index (χ1n) is 21.3. The third-order valence-corrected chi connectivity index (χ3v) is 16.4. The van der Waals surface area contributed by atoms with Crippen molar-refractivity contribution in [3.05, 3.63) is 40.5 Å². The van der Waals surface area contributed by atoms with Crippen molar-refractivity contribution < 1.29 is 29.6 Å². The summed E-state index contributed by atoms with van der Waals surface area (Å²) in [5, 5.41) is 40.0. The number of Topliss-reactive ketones (excluding diaryl/α,β-unsaturated/α-hetero) is 2. The summed E-state index contributed by atoms with van der Waals surface area (Å²) in [6, 6.07) is 5.64. The fourth-order valence-corrected chi connectivity index (χ4v) is 14.1. The van der Waals surface area contributed by atoms with Crippen LogP contribution in [0.4, 0.5) is 0 Å². The number of allylic oxidation sites excluding steroid dienone is 2. The average molecular weight is 747 g/mol. The maximum absolute atomic E-state index is 14.8. The maximum atomic E-state index is 14.8. The van der Waals surface area contributed by atoms with Crippen molar-refractivity contribution in [2.75, 3.05) is 13.6 Å². The van der Waals surface area contributed by atoms with Crippen molar-refractivity contribution in [2.24, 2.45) is 45.3 Å². The Hall–Kier alpha value is -2.10. The van der Waals surface area contributed by atoms with E-state index in [0.29, 0.717) is 38.3 Å². The molecule has 0 unspecified atom stereocenters. The monoisotopic (exact) mass is 747 g/mol. The summed E-state index contributed by atoms with van der Waals surface area (Å²) in [4.78, 5) is 29.6. The lowest BCUT2D eigenvalue weighted by atomic mass is 9.34. The first-order valence-corrected chi connectivity index (χ1v) is 21.3. The number of aromatic hydroxyl groups is 1. The quantitative estimate of drug-likeness (QED) is 0.148. The number of nitrogens with one attached hydrogen (secondary N) is 2. The van der Waals surface area contributed by atoms with Crippen LogP contribution in [-0.4, -0.2) is 70.4 Å². The van der Waals surface area contributed by atoms with E-state index in [2.05, 4.69) is 51.3 Å². The lowest BCUT2D eigenvalue weighted by Gasteiger charge is -2.70. The molecule has 1 aromatic carbocycles. The molecule has 0 aromatic heterocycles. The Morgan fingerprint density at radius 3 is 2.26 bits per heavy atom. The summed E-state index contributed by atoms with van der Waals surface area (Å²) in [5.74, 6) is 1.03. The molecule has 54 heavy (non-hydrogen) atoms. The normalized spacial score (nSPS) is 39.1. The van der Waals surface area contributed by atoms with Crippen LogP contribution >= 0.6 is 0 Å². The minimum Gasteiger partial charge on any atom is -0.508 e. The Morgan fingerprint density at radius 2 is 1.63 bits per heavy atom. The van der Waals surface area contributed by atoms with Crippen molar-refractivity contribution in [2.45, 2.75) is 168 Å². The number of rotatable bonds is 11. The van der Waals surface area contributed by atoms with Crippen molar-refractivity contribution in [1.29, 1.82) is 0 Å². The van der Waals surface area contributed by atoms with Gasteiger partial charge in [-0.15, -0.1) is 0 Å². The van der Waals surface area contributed by atoms with E-state index in [0.717, 1.165) is 48.8 Å². The van der Waals surface area contributed by atoms with E-state index < -0.39 is 17.6 Å². The first-order chi connectivity index (χ1) is 25.3. The largest absolute Gasteiger partial charge is 0.508 e. The van der Waals surface area contributed by atoms with Crippen LogP contribution in [0.15, 0.2) is 29.3 Å². The summed E-state index contributed by atoms with van der Waals surface area (Å²) in [6.45, 7) is 18.5. The molecule has 0 radical (unpaired) electrons. The number of carbonyl (C=O) groups excluding carboxylic acids is 2. The summed E-state index contributed by atoms with van der Waals surface area (Å²) < 4.78 is 5.94. The van der Waals surface area contributed by atoms with Crippen LogP contribution in [0, 0.1) is 45.3 Å². The van der Waals surface area contributed by atoms with Gasteiger partial charge in [0.1, 0.15) is 17.6 Å². The van der Waals surface area contributed by atoms with E-state index in [1.54, 1.807) is 12.1 Å². The highest BCUT2D eigenvalue weighted by molar-refractivity contribution is 6.01. The summed E-state index contributed by atoms with van der Waals surface area (Å²) in [5.41, 5.74) is 2.35. The Bertz CT molecular complexity index is 1660. The molecule has 4 saturated carbocycles.